The first-order valence-corrected chi connectivity index (χ1v) is 7.87. The maximum atomic E-state index is 12.2. The van der Waals surface area contributed by atoms with Crippen LogP contribution in [0.5, 0.6) is 0 Å². The summed E-state index contributed by atoms with van der Waals surface area (Å²) in [6, 6.07) is 6.81. The summed E-state index contributed by atoms with van der Waals surface area (Å²) in [4.78, 5) is 4.43. The van der Waals surface area contributed by atoms with E-state index < -0.39 is 10.0 Å². The molecule has 1 aromatic carbocycles. The van der Waals surface area contributed by atoms with E-state index in [-0.39, 0.29) is 35.4 Å². The molecule has 1 aromatic rings. The Morgan fingerprint density at radius 3 is 2.52 bits per heavy atom. The number of benzene rings is 1. The molecule has 0 saturated carbocycles. The predicted octanol–water partition coefficient (Wildman–Crippen LogP) is 1.37. The fraction of sp³-hybridized carbons (Fsp3) is 0.462. The average Bonchev–Trinajstić information content (AvgIpc) is 2.42. The average molecular weight is 426 g/mol. The van der Waals surface area contributed by atoms with Gasteiger partial charge in [-0.2, -0.15) is 0 Å². The van der Waals surface area contributed by atoms with Gasteiger partial charge < -0.3 is 11.1 Å². The summed E-state index contributed by atoms with van der Waals surface area (Å²) in [5, 5.41) is 2.95. The Bertz CT molecular complexity index is 573. The first-order chi connectivity index (χ1) is 9.39. The molecule has 0 fully saturated rings. The Balaban J connectivity index is 0.00000400. The third-order valence-corrected chi connectivity index (χ3v) is 4.62. The van der Waals surface area contributed by atoms with Gasteiger partial charge in [-0.25, -0.2) is 17.7 Å². The molecule has 120 valence electrons. The van der Waals surface area contributed by atoms with Gasteiger partial charge in [-0.3, -0.25) is 0 Å². The van der Waals surface area contributed by atoms with Gasteiger partial charge in [-0.1, -0.05) is 25.1 Å². The maximum absolute atomic E-state index is 12.2. The minimum Gasteiger partial charge on any atom is -0.370 e. The van der Waals surface area contributed by atoms with Crippen LogP contribution in [0.1, 0.15) is 18.9 Å². The number of guanidine groups is 1. The number of halogens is 1. The van der Waals surface area contributed by atoms with Crippen molar-refractivity contribution >= 4 is 40.0 Å². The minimum absolute atomic E-state index is 0. The molecule has 0 amide bonds. The quantitative estimate of drug-likeness (QED) is 0.409. The number of nitrogens with zero attached hydrogens (tertiary/aromatic N) is 2. The van der Waals surface area contributed by atoms with Gasteiger partial charge >= 0.3 is 0 Å². The Kier molecular flexibility index (Phi) is 8.83. The minimum atomic E-state index is -3.47. The lowest BCUT2D eigenvalue weighted by Gasteiger charge is -2.14. The monoisotopic (exact) mass is 426 g/mol. The van der Waals surface area contributed by atoms with Crippen molar-refractivity contribution in [1.29, 1.82) is 0 Å². The molecule has 1 rings (SSSR count). The van der Waals surface area contributed by atoms with Crippen LogP contribution in [0.3, 0.4) is 0 Å². The van der Waals surface area contributed by atoms with Gasteiger partial charge in [0.15, 0.2) is 5.96 Å². The molecule has 21 heavy (non-hydrogen) atoms. The lowest BCUT2D eigenvalue weighted by molar-refractivity contribution is 0.519. The van der Waals surface area contributed by atoms with Crippen molar-refractivity contribution in [3.8, 4) is 0 Å². The molecule has 0 spiro atoms. The fourth-order valence-electron chi connectivity index (χ4n) is 1.56. The molecule has 0 aliphatic rings. The van der Waals surface area contributed by atoms with Crippen molar-refractivity contribution in [3.63, 3.8) is 0 Å². The van der Waals surface area contributed by atoms with Crippen LogP contribution in [0.25, 0.3) is 0 Å². The summed E-state index contributed by atoms with van der Waals surface area (Å²) in [5.74, 6) is 0.323. The van der Waals surface area contributed by atoms with Crippen LogP contribution in [0.15, 0.2) is 34.2 Å². The number of nitrogens with one attached hydrogen (secondary N) is 1. The van der Waals surface area contributed by atoms with Crippen LogP contribution >= 0.6 is 24.0 Å². The highest BCUT2D eigenvalue weighted by molar-refractivity contribution is 14.0. The van der Waals surface area contributed by atoms with Crippen LogP contribution in [0, 0.1) is 0 Å². The lowest BCUT2D eigenvalue weighted by atomic mass is 10.2. The van der Waals surface area contributed by atoms with Crippen LogP contribution in [-0.2, 0) is 16.6 Å². The van der Waals surface area contributed by atoms with Gasteiger partial charge in [0.05, 0.1) is 11.4 Å². The van der Waals surface area contributed by atoms with Gasteiger partial charge in [0.25, 0.3) is 0 Å². The Morgan fingerprint density at radius 2 is 1.95 bits per heavy atom. The topological polar surface area (TPSA) is 87.8 Å². The summed E-state index contributed by atoms with van der Waals surface area (Å²) in [6.45, 7) is 3.00. The molecule has 8 heteroatoms. The molecular weight excluding hydrogens is 403 g/mol. The van der Waals surface area contributed by atoms with Crippen molar-refractivity contribution in [2.45, 2.75) is 24.8 Å². The fourth-order valence-corrected chi connectivity index (χ4v) is 2.67. The summed E-state index contributed by atoms with van der Waals surface area (Å²) in [6.07, 6.45) is 0.946. The molecule has 6 nitrogen and oxygen atoms in total. The summed E-state index contributed by atoms with van der Waals surface area (Å²) >= 11 is 0. The highest BCUT2D eigenvalue weighted by Crippen LogP contribution is 2.19. The standard InChI is InChI=1S/C13H22N4O2S.HI/c1-4-9-15-13(14)16-10-11-7-5-6-8-12(11)20(18,19)17(2)3;/h5-8H,4,9-10H2,1-3H3,(H3,14,15,16);1H. The van der Waals surface area contributed by atoms with E-state index in [4.69, 9.17) is 5.73 Å². The van der Waals surface area contributed by atoms with Crippen molar-refractivity contribution < 1.29 is 8.42 Å². The molecule has 0 saturated heterocycles. The zero-order valence-electron chi connectivity index (χ0n) is 12.5. The molecule has 0 unspecified atom stereocenters. The second-order valence-corrected chi connectivity index (χ2v) is 6.64. The van der Waals surface area contributed by atoms with Crippen molar-refractivity contribution in [3.05, 3.63) is 29.8 Å². The van der Waals surface area contributed by atoms with Crippen LogP contribution in [0.2, 0.25) is 0 Å². The number of nitrogens with two attached hydrogens (primary N) is 1. The van der Waals surface area contributed by atoms with Crippen LogP contribution in [-0.4, -0.2) is 39.3 Å². The highest BCUT2D eigenvalue weighted by atomic mass is 127. The zero-order chi connectivity index (χ0) is 15.2. The van der Waals surface area contributed by atoms with Crippen LogP contribution < -0.4 is 11.1 Å². The summed E-state index contributed by atoms with van der Waals surface area (Å²) in [7, 11) is -0.457. The number of hydrogen-bond donors (Lipinski definition) is 2. The number of aliphatic imine (C=N–C) groups is 1. The Morgan fingerprint density at radius 1 is 1.33 bits per heavy atom. The second kappa shape index (κ2) is 9.21. The van der Waals surface area contributed by atoms with E-state index in [1.807, 2.05) is 6.92 Å². The third kappa shape index (κ3) is 5.79. The van der Waals surface area contributed by atoms with E-state index in [1.54, 1.807) is 24.3 Å². The second-order valence-electron chi connectivity index (χ2n) is 4.52. The first-order valence-electron chi connectivity index (χ1n) is 6.43. The van der Waals surface area contributed by atoms with Crippen molar-refractivity contribution in [2.24, 2.45) is 10.7 Å². The molecule has 0 atom stereocenters. The SMILES string of the molecule is CCCNC(N)=NCc1ccccc1S(=O)(=O)N(C)C.I. The first kappa shape index (κ1) is 20.1. The lowest BCUT2D eigenvalue weighted by Crippen LogP contribution is -2.32. The molecular formula is C13H23IN4O2S. The van der Waals surface area contributed by atoms with E-state index in [0.717, 1.165) is 13.0 Å². The van der Waals surface area contributed by atoms with Gasteiger partial charge in [0, 0.05) is 20.6 Å². The van der Waals surface area contributed by atoms with Gasteiger partial charge in [0.1, 0.15) is 0 Å². The smallest absolute Gasteiger partial charge is 0.242 e. The van der Waals surface area contributed by atoms with Gasteiger partial charge in [0.2, 0.25) is 10.0 Å². The predicted molar refractivity (Wildman–Crippen MR) is 96.3 cm³/mol. The van der Waals surface area contributed by atoms with Crippen molar-refractivity contribution in [2.75, 3.05) is 20.6 Å². The largest absolute Gasteiger partial charge is 0.370 e. The van der Waals surface area contributed by atoms with E-state index in [9.17, 15) is 8.42 Å². The molecule has 0 aliphatic heterocycles. The summed E-state index contributed by atoms with van der Waals surface area (Å²) < 4.78 is 25.6. The highest BCUT2D eigenvalue weighted by Gasteiger charge is 2.20. The van der Waals surface area contributed by atoms with Gasteiger partial charge in [-0.05, 0) is 18.1 Å². The molecule has 0 aromatic heterocycles. The van der Waals surface area contributed by atoms with Crippen LogP contribution in [0.4, 0.5) is 0 Å². The number of sulfonamides is 1. The molecule has 3 N–H and O–H groups in total. The molecule has 0 radical (unpaired) electrons. The van der Waals surface area contributed by atoms with E-state index in [2.05, 4.69) is 10.3 Å². The van der Waals surface area contributed by atoms with E-state index in [1.165, 1.54) is 18.4 Å². The summed E-state index contributed by atoms with van der Waals surface area (Å²) in [5.41, 5.74) is 6.33. The number of rotatable bonds is 6. The van der Waals surface area contributed by atoms with E-state index >= 15 is 0 Å². The normalized spacial score (nSPS) is 12.1. The Labute approximate surface area is 143 Å². The van der Waals surface area contributed by atoms with Gasteiger partial charge in [-0.15, -0.1) is 24.0 Å². The molecule has 0 heterocycles. The zero-order valence-corrected chi connectivity index (χ0v) is 15.7. The van der Waals surface area contributed by atoms with E-state index in [0.29, 0.717) is 11.5 Å². The molecule has 0 aliphatic carbocycles. The molecule has 0 bridgehead atoms. The third-order valence-electron chi connectivity index (χ3n) is 2.71. The number of hydrogen-bond acceptors (Lipinski definition) is 3. The Hall–Kier alpha value is -0.870. The van der Waals surface area contributed by atoms with Crippen molar-refractivity contribution in [1.82, 2.24) is 9.62 Å². The maximum Gasteiger partial charge on any atom is 0.242 e.